The molecule has 0 saturated carbocycles. The van der Waals surface area contributed by atoms with Crippen LogP contribution in [0, 0.1) is 0 Å². The van der Waals surface area contributed by atoms with Gasteiger partial charge in [0.2, 0.25) is 17.7 Å². The van der Waals surface area contributed by atoms with Crippen LogP contribution in [0.1, 0.15) is 85.3 Å². The number of rotatable bonds is 13. The molecule has 9 heteroatoms. The lowest BCUT2D eigenvalue weighted by Crippen LogP contribution is -2.56. The number of ether oxygens (including phenoxy) is 1. The minimum atomic E-state index is -1.28. The molecule has 9 nitrogen and oxygen atoms in total. The van der Waals surface area contributed by atoms with E-state index < -0.39 is 42.0 Å². The molecular formula is C26H42N4O5. The molecule has 0 saturated heterocycles. The summed E-state index contributed by atoms with van der Waals surface area (Å²) in [5, 5.41) is 5.43. The van der Waals surface area contributed by atoms with Gasteiger partial charge in [-0.25, -0.2) is 4.79 Å². The number of nitrogens with two attached hydrogens (primary N) is 1. The summed E-state index contributed by atoms with van der Waals surface area (Å²) >= 11 is 0. The van der Waals surface area contributed by atoms with E-state index in [1.165, 1.54) is 4.90 Å². The fraction of sp³-hybridized carbons (Fsp3) is 0.615. The van der Waals surface area contributed by atoms with Crippen LogP contribution in [-0.4, -0.2) is 52.9 Å². The van der Waals surface area contributed by atoms with Crippen molar-refractivity contribution in [2.45, 2.75) is 97.4 Å². The highest BCUT2D eigenvalue weighted by atomic mass is 16.6. The predicted octanol–water partition coefficient (Wildman–Crippen LogP) is 3.43. The molecule has 4 amide bonds. The largest absolute Gasteiger partial charge is 0.444 e. The van der Waals surface area contributed by atoms with Gasteiger partial charge >= 0.3 is 6.09 Å². The molecule has 1 rings (SSSR count). The van der Waals surface area contributed by atoms with Crippen LogP contribution in [0.5, 0.6) is 0 Å². The zero-order valence-electron chi connectivity index (χ0n) is 21.9. The molecule has 0 aromatic heterocycles. The normalized spacial score (nSPS) is 13.8. The molecule has 3 atom stereocenters. The van der Waals surface area contributed by atoms with Crippen LogP contribution >= 0.6 is 0 Å². The van der Waals surface area contributed by atoms with Gasteiger partial charge in [0.1, 0.15) is 17.7 Å². The molecule has 0 fully saturated rings. The topological polar surface area (TPSA) is 131 Å². The third-order valence-electron chi connectivity index (χ3n) is 5.44. The van der Waals surface area contributed by atoms with Crippen LogP contribution in [0.4, 0.5) is 4.79 Å². The standard InChI is InChI=1S/C26H42N4O5/c1-7-9-13-16-28-23(32)22(19-14-11-10-12-15-19)30(18(3)8-2)24(33)20(17-21(27)31)29-25(34)35-26(4,5)6/h10-12,14-15,18,20,22H,7-9,13,16-17H2,1-6H3,(H2,27,31)(H,28,32)(H,29,34). The van der Waals surface area contributed by atoms with Crippen LogP contribution in [0.15, 0.2) is 30.3 Å². The van der Waals surface area contributed by atoms with Gasteiger partial charge in [-0.2, -0.15) is 0 Å². The summed E-state index contributed by atoms with van der Waals surface area (Å²) in [6.45, 7) is 11.4. The molecule has 0 aliphatic heterocycles. The summed E-state index contributed by atoms with van der Waals surface area (Å²) in [7, 11) is 0. The molecule has 0 bridgehead atoms. The quantitative estimate of drug-likeness (QED) is 0.365. The van der Waals surface area contributed by atoms with E-state index in [1.54, 1.807) is 45.0 Å². The maximum Gasteiger partial charge on any atom is 0.408 e. The molecule has 196 valence electrons. The zero-order valence-corrected chi connectivity index (χ0v) is 21.9. The van der Waals surface area contributed by atoms with Crippen molar-refractivity contribution in [3.05, 3.63) is 35.9 Å². The average Bonchev–Trinajstić information content (AvgIpc) is 2.77. The van der Waals surface area contributed by atoms with Crippen molar-refractivity contribution in [2.24, 2.45) is 5.73 Å². The molecule has 4 N–H and O–H groups in total. The number of alkyl carbamates (subject to hydrolysis) is 1. The number of carbonyl (C=O) groups is 4. The molecule has 0 aliphatic rings. The van der Waals surface area contributed by atoms with Crippen molar-refractivity contribution in [3.63, 3.8) is 0 Å². The van der Waals surface area contributed by atoms with Crippen LogP contribution < -0.4 is 16.4 Å². The highest BCUT2D eigenvalue weighted by Gasteiger charge is 2.38. The number of hydrogen-bond acceptors (Lipinski definition) is 5. The Labute approximate surface area is 209 Å². The van der Waals surface area contributed by atoms with Crippen LogP contribution in [0.3, 0.4) is 0 Å². The lowest BCUT2D eigenvalue weighted by molar-refractivity contribution is -0.145. The van der Waals surface area contributed by atoms with E-state index in [1.807, 2.05) is 19.9 Å². The number of hydrogen-bond donors (Lipinski definition) is 3. The van der Waals surface area contributed by atoms with Gasteiger partial charge < -0.3 is 26.0 Å². The van der Waals surface area contributed by atoms with Crippen molar-refractivity contribution in [1.82, 2.24) is 15.5 Å². The Hall–Kier alpha value is -3.10. The lowest BCUT2D eigenvalue weighted by Gasteiger charge is -2.38. The van der Waals surface area contributed by atoms with E-state index in [4.69, 9.17) is 10.5 Å². The van der Waals surface area contributed by atoms with E-state index in [0.29, 0.717) is 18.5 Å². The molecule has 0 radical (unpaired) electrons. The minimum absolute atomic E-state index is 0.323. The molecule has 3 unspecified atom stereocenters. The number of nitrogens with zero attached hydrogens (tertiary/aromatic N) is 1. The third-order valence-corrected chi connectivity index (χ3v) is 5.44. The van der Waals surface area contributed by atoms with Gasteiger partial charge in [-0.3, -0.25) is 14.4 Å². The van der Waals surface area contributed by atoms with Crippen molar-refractivity contribution in [3.8, 4) is 0 Å². The van der Waals surface area contributed by atoms with Gasteiger partial charge in [0.05, 0.1) is 6.42 Å². The first-order valence-electron chi connectivity index (χ1n) is 12.3. The number of amides is 4. The predicted molar refractivity (Wildman–Crippen MR) is 135 cm³/mol. The van der Waals surface area contributed by atoms with E-state index in [2.05, 4.69) is 17.6 Å². The van der Waals surface area contributed by atoms with Crippen LogP contribution in [0.2, 0.25) is 0 Å². The van der Waals surface area contributed by atoms with Gasteiger partial charge in [0.15, 0.2) is 0 Å². The summed E-state index contributed by atoms with van der Waals surface area (Å²) < 4.78 is 5.28. The first kappa shape index (κ1) is 29.9. The van der Waals surface area contributed by atoms with E-state index in [-0.39, 0.29) is 11.9 Å². The van der Waals surface area contributed by atoms with Gasteiger partial charge in [0.25, 0.3) is 0 Å². The Balaban J connectivity index is 3.39. The molecule has 1 aromatic carbocycles. The first-order chi connectivity index (χ1) is 16.4. The Morgan fingerprint density at radius 3 is 2.20 bits per heavy atom. The fourth-order valence-corrected chi connectivity index (χ4v) is 3.58. The smallest absolute Gasteiger partial charge is 0.408 e. The second-order valence-corrected chi connectivity index (χ2v) is 9.68. The Morgan fingerprint density at radius 1 is 1.06 bits per heavy atom. The van der Waals surface area contributed by atoms with Gasteiger partial charge in [-0.05, 0) is 46.1 Å². The second kappa shape index (κ2) is 14.3. The molecule has 0 spiro atoms. The Morgan fingerprint density at radius 2 is 1.69 bits per heavy atom. The maximum atomic E-state index is 13.8. The molecule has 35 heavy (non-hydrogen) atoms. The third kappa shape index (κ3) is 10.4. The second-order valence-electron chi connectivity index (χ2n) is 9.68. The summed E-state index contributed by atoms with van der Waals surface area (Å²) in [6.07, 6.45) is 2.09. The first-order valence-corrected chi connectivity index (χ1v) is 12.3. The van der Waals surface area contributed by atoms with Crippen molar-refractivity contribution >= 4 is 23.8 Å². The number of benzene rings is 1. The van der Waals surface area contributed by atoms with Gasteiger partial charge in [-0.15, -0.1) is 0 Å². The molecule has 0 aliphatic carbocycles. The fourth-order valence-electron chi connectivity index (χ4n) is 3.58. The lowest BCUT2D eigenvalue weighted by atomic mass is 9.99. The minimum Gasteiger partial charge on any atom is -0.444 e. The summed E-state index contributed by atoms with van der Waals surface area (Å²) in [6, 6.07) is 6.38. The Bertz CT molecular complexity index is 838. The van der Waals surface area contributed by atoms with Crippen LogP contribution in [0.25, 0.3) is 0 Å². The van der Waals surface area contributed by atoms with Gasteiger partial charge in [-0.1, -0.05) is 57.0 Å². The van der Waals surface area contributed by atoms with Crippen molar-refractivity contribution in [1.29, 1.82) is 0 Å². The van der Waals surface area contributed by atoms with E-state index >= 15 is 0 Å². The highest BCUT2D eigenvalue weighted by molar-refractivity contribution is 5.94. The SMILES string of the molecule is CCCCCNC(=O)C(c1ccccc1)N(C(=O)C(CC(N)=O)NC(=O)OC(C)(C)C)C(C)CC. The number of nitrogens with one attached hydrogen (secondary N) is 2. The number of unbranched alkanes of at least 4 members (excludes halogenated alkanes) is 2. The monoisotopic (exact) mass is 490 g/mol. The molecular weight excluding hydrogens is 448 g/mol. The number of carbonyl (C=O) groups excluding carboxylic acids is 4. The van der Waals surface area contributed by atoms with Crippen molar-refractivity contribution in [2.75, 3.05) is 6.54 Å². The van der Waals surface area contributed by atoms with E-state index in [0.717, 1.165) is 19.3 Å². The highest BCUT2D eigenvalue weighted by Crippen LogP contribution is 2.26. The maximum absolute atomic E-state index is 13.8. The zero-order chi connectivity index (χ0) is 26.6. The van der Waals surface area contributed by atoms with Crippen molar-refractivity contribution < 1.29 is 23.9 Å². The number of primary amides is 1. The molecule has 1 aromatic rings. The summed E-state index contributed by atoms with van der Waals surface area (Å²) in [5.74, 6) is -1.67. The summed E-state index contributed by atoms with van der Waals surface area (Å²) in [4.78, 5) is 53.0. The van der Waals surface area contributed by atoms with Crippen LogP contribution in [-0.2, 0) is 19.1 Å². The molecule has 0 heterocycles. The Kier molecular flexibility index (Phi) is 12.3. The van der Waals surface area contributed by atoms with E-state index in [9.17, 15) is 19.2 Å². The average molecular weight is 491 g/mol. The van der Waals surface area contributed by atoms with Gasteiger partial charge in [0, 0.05) is 12.6 Å². The summed E-state index contributed by atoms with van der Waals surface area (Å²) in [5.41, 5.74) is 5.23.